The van der Waals surface area contributed by atoms with Crippen molar-refractivity contribution in [2.75, 3.05) is 7.11 Å². The lowest BCUT2D eigenvalue weighted by Crippen LogP contribution is -2.23. The van der Waals surface area contributed by atoms with Crippen molar-refractivity contribution in [2.24, 2.45) is 0 Å². The molecule has 0 atom stereocenters. The van der Waals surface area contributed by atoms with Crippen molar-refractivity contribution < 1.29 is 14.1 Å². The Morgan fingerprint density at radius 2 is 1.93 bits per heavy atom. The van der Waals surface area contributed by atoms with Gasteiger partial charge in [0.1, 0.15) is 11.4 Å². The largest absolute Gasteiger partial charge is 0.497 e. The fraction of sp³-hybridized carbons (Fsp3) is 0.143. The highest BCUT2D eigenvalue weighted by Gasteiger charge is 2.14. The summed E-state index contributed by atoms with van der Waals surface area (Å²) in [5.74, 6) is 0.929. The summed E-state index contributed by atoms with van der Waals surface area (Å²) in [6.07, 6.45) is 1.78. The number of ether oxygens (including phenoxy) is 1. The van der Waals surface area contributed by atoms with E-state index in [1.165, 1.54) is 0 Å². The Labute approximate surface area is 177 Å². The maximum absolute atomic E-state index is 12.4. The third kappa shape index (κ3) is 4.66. The van der Waals surface area contributed by atoms with Gasteiger partial charge in [0.05, 0.1) is 26.4 Å². The van der Waals surface area contributed by atoms with Crippen molar-refractivity contribution in [2.45, 2.75) is 13.1 Å². The van der Waals surface area contributed by atoms with Crippen LogP contribution in [0.3, 0.4) is 0 Å². The number of halogens is 1. The van der Waals surface area contributed by atoms with E-state index in [0.29, 0.717) is 23.0 Å². The minimum absolute atomic E-state index is 0.186. The molecule has 2 aromatic heterocycles. The number of carbonyl (C=O) groups is 1. The van der Waals surface area contributed by atoms with E-state index in [2.05, 4.69) is 20.8 Å². The minimum atomic E-state index is -0.358. The van der Waals surface area contributed by atoms with E-state index in [4.69, 9.17) is 20.9 Å². The molecule has 0 unspecified atom stereocenters. The zero-order chi connectivity index (χ0) is 20.9. The van der Waals surface area contributed by atoms with Gasteiger partial charge < -0.3 is 14.6 Å². The third-order valence-corrected chi connectivity index (χ3v) is 4.64. The van der Waals surface area contributed by atoms with Crippen LogP contribution in [0.1, 0.15) is 21.7 Å². The van der Waals surface area contributed by atoms with Gasteiger partial charge in [0.2, 0.25) is 0 Å². The molecule has 9 heteroatoms. The maximum atomic E-state index is 12.4. The second kappa shape index (κ2) is 8.79. The summed E-state index contributed by atoms with van der Waals surface area (Å²) in [5, 5.41) is 15.4. The molecule has 4 aromatic rings. The van der Waals surface area contributed by atoms with Crippen LogP contribution < -0.4 is 10.1 Å². The van der Waals surface area contributed by atoms with Gasteiger partial charge in [-0.15, -0.1) is 5.10 Å². The van der Waals surface area contributed by atoms with Crippen molar-refractivity contribution in [3.8, 4) is 17.1 Å². The van der Waals surface area contributed by atoms with Crippen LogP contribution in [-0.4, -0.2) is 33.2 Å². The van der Waals surface area contributed by atoms with Crippen LogP contribution in [0.15, 0.2) is 65.3 Å². The van der Waals surface area contributed by atoms with Gasteiger partial charge in [0.25, 0.3) is 5.91 Å². The van der Waals surface area contributed by atoms with Gasteiger partial charge >= 0.3 is 0 Å². The Balaban J connectivity index is 1.33. The SMILES string of the molecule is COc1ccc(Cn2cc(CNC(=O)c3cc(-c4ccc(Cl)cc4)on3)nn2)cc1. The van der Waals surface area contributed by atoms with E-state index in [-0.39, 0.29) is 18.1 Å². The second-order valence-electron chi connectivity index (χ2n) is 6.52. The first kappa shape index (κ1) is 19.7. The lowest BCUT2D eigenvalue weighted by Gasteiger charge is -2.03. The molecule has 2 heterocycles. The zero-order valence-electron chi connectivity index (χ0n) is 16.1. The van der Waals surface area contributed by atoms with Crippen LogP contribution >= 0.6 is 11.6 Å². The van der Waals surface area contributed by atoms with Crippen LogP contribution in [0.5, 0.6) is 5.75 Å². The van der Waals surface area contributed by atoms with Crippen LogP contribution in [-0.2, 0) is 13.1 Å². The molecule has 1 N–H and O–H groups in total. The van der Waals surface area contributed by atoms with Crippen LogP contribution in [0.4, 0.5) is 0 Å². The van der Waals surface area contributed by atoms with Crippen molar-refractivity contribution in [3.63, 3.8) is 0 Å². The van der Waals surface area contributed by atoms with E-state index < -0.39 is 0 Å². The summed E-state index contributed by atoms with van der Waals surface area (Å²) >= 11 is 5.89. The van der Waals surface area contributed by atoms with Gasteiger partial charge in [-0.3, -0.25) is 4.79 Å². The predicted octanol–water partition coefficient (Wildman–Crippen LogP) is 3.57. The Morgan fingerprint density at radius 1 is 1.17 bits per heavy atom. The number of benzene rings is 2. The molecule has 152 valence electrons. The first-order valence-electron chi connectivity index (χ1n) is 9.13. The first-order chi connectivity index (χ1) is 14.6. The van der Waals surface area contributed by atoms with Crippen LogP contribution in [0.25, 0.3) is 11.3 Å². The Kier molecular flexibility index (Phi) is 5.76. The molecule has 0 radical (unpaired) electrons. The second-order valence-corrected chi connectivity index (χ2v) is 6.96. The third-order valence-electron chi connectivity index (χ3n) is 4.39. The molecule has 0 aliphatic heterocycles. The van der Waals surface area contributed by atoms with Crippen molar-refractivity contribution in [3.05, 3.63) is 82.8 Å². The number of nitrogens with zero attached hydrogens (tertiary/aromatic N) is 4. The van der Waals surface area contributed by atoms with Gasteiger partial charge in [-0.05, 0) is 42.0 Å². The van der Waals surface area contributed by atoms with Crippen LogP contribution in [0, 0.1) is 0 Å². The molecule has 0 fully saturated rings. The summed E-state index contributed by atoms with van der Waals surface area (Å²) < 4.78 is 12.1. The molecule has 0 saturated heterocycles. The molecule has 4 rings (SSSR count). The van der Waals surface area contributed by atoms with Gasteiger partial charge in [-0.2, -0.15) is 0 Å². The molecule has 0 spiro atoms. The van der Waals surface area contributed by atoms with E-state index in [1.807, 2.05) is 24.3 Å². The van der Waals surface area contributed by atoms with Crippen molar-refractivity contribution >= 4 is 17.5 Å². The number of amides is 1. The summed E-state index contributed by atoms with van der Waals surface area (Å²) in [7, 11) is 1.63. The summed E-state index contributed by atoms with van der Waals surface area (Å²) in [5.41, 5.74) is 2.67. The molecule has 0 bridgehead atoms. The first-order valence-corrected chi connectivity index (χ1v) is 9.51. The molecular formula is C21H18ClN5O3. The fourth-order valence-corrected chi connectivity index (χ4v) is 2.93. The lowest BCUT2D eigenvalue weighted by molar-refractivity contribution is 0.0941. The summed E-state index contributed by atoms with van der Waals surface area (Å²) in [6.45, 7) is 0.795. The van der Waals surface area contributed by atoms with Crippen LogP contribution in [0.2, 0.25) is 5.02 Å². The van der Waals surface area contributed by atoms with Crippen molar-refractivity contribution in [1.29, 1.82) is 0 Å². The predicted molar refractivity (Wildman–Crippen MR) is 110 cm³/mol. The topological polar surface area (TPSA) is 95.1 Å². The molecule has 2 aromatic carbocycles. The van der Waals surface area contributed by atoms with Gasteiger partial charge in [-0.1, -0.05) is 34.1 Å². The summed E-state index contributed by atoms with van der Waals surface area (Å²) in [4.78, 5) is 12.4. The lowest BCUT2D eigenvalue weighted by atomic mass is 10.1. The molecule has 30 heavy (non-hydrogen) atoms. The monoisotopic (exact) mass is 423 g/mol. The molecule has 0 saturated carbocycles. The number of hydrogen-bond acceptors (Lipinski definition) is 6. The average Bonchev–Trinajstić information content (AvgIpc) is 3.43. The Morgan fingerprint density at radius 3 is 2.67 bits per heavy atom. The minimum Gasteiger partial charge on any atom is -0.497 e. The smallest absolute Gasteiger partial charge is 0.273 e. The Bertz CT molecular complexity index is 1140. The van der Waals surface area contributed by atoms with Gasteiger partial charge in [-0.25, -0.2) is 4.68 Å². The normalized spacial score (nSPS) is 10.7. The Hall–Kier alpha value is -3.65. The van der Waals surface area contributed by atoms with Gasteiger partial charge in [0.15, 0.2) is 11.5 Å². The number of nitrogens with one attached hydrogen (secondary N) is 1. The average molecular weight is 424 g/mol. The number of rotatable bonds is 7. The van der Waals surface area contributed by atoms with Crippen molar-refractivity contribution in [1.82, 2.24) is 25.5 Å². The highest BCUT2D eigenvalue weighted by atomic mass is 35.5. The molecule has 0 aliphatic carbocycles. The highest BCUT2D eigenvalue weighted by Crippen LogP contribution is 2.22. The maximum Gasteiger partial charge on any atom is 0.273 e. The standard InChI is InChI=1S/C21H18ClN5O3/c1-29-18-8-2-14(3-9-18)12-27-13-17(24-26-27)11-23-21(28)19-10-20(30-25-19)15-4-6-16(22)7-5-15/h2-10,13H,11-12H2,1H3,(H,23,28). The fourth-order valence-electron chi connectivity index (χ4n) is 2.81. The van der Waals surface area contributed by atoms with E-state index in [0.717, 1.165) is 16.9 Å². The number of carbonyl (C=O) groups excluding carboxylic acids is 1. The molecule has 1 amide bonds. The summed E-state index contributed by atoms with van der Waals surface area (Å²) in [6, 6.07) is 16.4. The van der Waals surface area contributed by atoms with E-state index in [9.17, 15) is 4.79 Å². The molecule has 0 aliphatic rings. The zero-order valence-corrected chi connectivity index (χ0v) is 16.8. The highest BCUT2D eigenvalue weighted by molar-refractivity contribution is 6.30. The number of hydrogen-bond donors (Lipinski definition) is 1. The quantitative estimate of drug-likeness (QED) is 0.488. The number of aromatic nitrogens is 4. The molecule has 8 nitrogen and oxygen atoms in total. The van der Waals surface area contributed by atoms with E-state index >= 15 is 0 Å². The number of methoxy groups -OCH3 is 1. The van der Waals surface area contributed by atoms with Gasteiger partial charge in [0, 0.05) is 16.7 Å². The van der Waals surface area contributed by atoms with E-state index in [1.54, 1.807) is 48.3 Å². The molecular weight excluding hydrogens is 406 g/mol.